The average molecular weight is 236 g/mol. The van der Waals surface area contributed by atoms with Crippen LogP contribution in [0.5, 0.6) is 0 Å². The van der Waals surface area contributed by atoms with Crippen LogP contribution in [0.2, 0.25) is 0 Å². The van der Waals surface area contributed by atoms with Gasteiger partial charge in [-0.1, -0.05) is 0 Å². The monoisotopic (exact) mass is 236 g/mol. The van der Waals surface area contributed by atoms with E-state index < -0.39 is 0 Å². The first-order valence-electron chi connectivity index (χ1n) is 2.81. The Labute approximate surface area is 68.8 Å². The number of aromatic nitrogens is 2. The number of imidazole rings is 1. The Kier molecular flexibility index (Phi) is 1.79. The standard InChI is InChI=1S/C6H9IN2/c1-4-5(2)9(7)6(3)8-4/h1-3H3. The quantitative estimate of drug-likeness (QED) is 0.630. The van der Waals surface area contributed by atoms with Gasteiger partial charge in [0.25, 0.3) is 0 Å². The van der Waals surface area contributed by atoms with E-state index in [1.165, 1.54) is 5.69 Å². The minimum Gasteiger partial charge on any atom is -0.273 e. The second-order valence-corrected chi connectivity index (χ2v) is 3.08. The van der Waals surface area contributed by atoms with Crippen LogP contribution in [0.1, 0.15) is 17.2 Å². The molecule has 0 bridgehead atoms. The molecule has 1 aromatic rings. The fraction of sp³-hybridized carbons (Fsp3) is 0.500. The number of rotatable bonds is 0. The number of halogens is 1. The first-order valence-corrected chi connectivity index (χ1v) is 3.78. The molecule has 0 spiro atoms. The molecule has 0 aliphatic heterocycles. The molecule has 0 radical (unpaired) electrons. The SMILES string of the molecule is Cc1nc(C)n(I)c1C. The summed E-state index contributed by atoms with van der Waals surface area (Å²) in [6.07, 6.45) is 0. The van der Waals surface area contributed by atoms with Crippen molar-refractivity contribution in [1.82, 2.24) is 7.76 Å². The third-order valence-corrected chi connectivity index (χ3v) is 2.85. The second-order valence-electron chi connectivity index (χ2n) is 2.11. The highest BCUT2D eigenvalue weighted by molar-refractivity contribution is 14.1. The zero-order valence-electron chi connectivity index (χ0n) is 5.77. The lowest BCUT2D eigenvalue weighted by atomic mass is 10.4. The van der Waals surface area contributed by atoms with Crippen molar-refractivity contribution in [2.75, 3.05) is 0 Å². The maximum Gasteiger partial charge on any atom is 0.114 e. The molecule has 50 valence electrons. The molecule has 0 aliphatic rings. The Morgan fingerprint density at radius 3 is 2.00 bits per heavy atom. The molecule has 0 N–H and O–H groups in total. The Bertz CT molecular complexity index is 205. The zero-order valence-corrected chi connectivity index (χ0v) is 7.93. The lowest BCUT2D eigenvalue weighted by Crippen LogP contribution is -1.84. The van der Waals surface area contributed by atoms with Gasteiger partial charge in [-0.05, 0) is 20.8 Å². The summed E-state index contributed by atoms with van der Waals surface area (Å²) in [5.41, 5.74) is 2.37. The van der Waals surface area contributed by atoms with E-state index in [2.05, 4.69) is 37.6 Å². The van der Waals surface area contributed by atoms with Crippen molar-refractivity contribution in [1.29, 1.82) is 0 Å². The molecule has 9 heavy (non-hydrogen) atoms. The third kappa shape index (κ3) is 1.10. The van der Waals surface area contributed by atoms with Gasteiger partial charge in [0.15, 0.2) is 0 Å². The lowest BCUT2D eigenvalue weighted by molar-refractivity contribution is 1.10. The Balaban J connectivity index is 3.29. The van der Waals surface area contributed by atoms with Crippen LogP contribution in [0.3, 0.4) is 0 Å². The van der Waals surface area contributed by atoms with E-state index in [4.69, 9.17) is 0 Å². The largest absolute Gasteiger partial charge is 0.273 e. The summed E-state index contributed by atoms with van der Waals surface area (Å²) in [5.74, 6) is 1.07. The summed E-state index contributed by atoms with van der Waals surface area (Å²) in [5, 5.41) is 0. The lowest BCUT2D eigenvalue weighted by Gasteiger charge is -1.91. The molecule has 2 nitrogen and oxygen atoms in total. The first-order chi connectivity index (χ1) is 4.13. The molecule has 0 aromatic carbocycles. The molecule has 0 fully saturated rings. The number of hydrogen-bond donors (Lipinski definition) is 0. The van der Waals surface area contributed by atoms with Crippen molar-refractivity contribution in [2.24, 2.45) is 0 Å². The van der Waals surface area contributed by atoms with Crippen LogP contribution in [0.25, 0.3) is 0 Å². The fourth-order valence-corrected chi connectivity index (χ4v) is 1.21. The molecule has 3 heteroatoms. The maximum absolute atomic E-state index is 4.27. The second kappa shape index (κ2) is 2.28. The van der Waals surface area contributed by atoms with Crippen molar-refractivity contribution in [2.45, 2.75) is 20.8 Å². The molecular formula is C6H9IN2. The molecule has 0 aliphatic carbocycles. The molecule has 0 atom stereocenters. The smallest absolute Gasteiger partial charge is 0.114 e. The van der Waals surface area contributed by atoms with Crippen LogP contribution in [0.15, 0.2) is 0 Å². The van der Waals surface area contributed by atoms with Crippen LogP contribution in [0, 0.1) is 20.8 Å². The minimum absolute atomic E-state index is 1.07. The highest BCUT2D eigenvalue weighted by atomic mass is 127. The molecular weight excluding hydrogens is 227 g/mol. The van der Waals surface area contributed by atoms with Crippen molar-refractivity contribution in [3.63, 3.8) is 0 Å². The highest BCUT2D eigenvalue weighted by Crippen LogP contribution is 2.11. The minimum atomic E-state index is 1.07. The van der Waals surface area contributed by atoms with Crippen LogP contribution in [-0.2, 0) is 0 Å². The Morgan fingerprint density at radius 2 is 1.89 bits per heavy atom. The summed E-state index contributed by atoms with van der Waals surface area (Å²) < 4.78 is 2.06. The van der Waals surface area contributed by atoms with Gasteiger partial charge >= 0.3 is 0 Å². The van der Waals surface area contributed by atoms with E-state index in [0.29, 0.717) is 0 Å². The van der Waals surface area contributed by atoms with E-state index in [9.17, 15) is 0 Å². The summed E-state index contributed by atoms with van der Waals surface area (Å²) in [6, 6.07) is 0. The summed E-state index contributed by atoms with van der Waals surface area (Å²) >= 11 is 2.24. The number of aryl methyl sites for hydroxylation is 2. The van der Waals surface area contributed by atoms with Crippen molar-refractivity contribution < 1.29 is 0 Å². The summed E-state index contributed by atoms with van der Waals surface area (Å²) in [7, 11) is 0. The van der Waals surface area contributed by atoms with E-state index >= 15 is 0 Å². The predicted octanol–water partition coefficient (Wildman–Crippen LogP) is 2.01. The average Bonchev–Trinajstić information content (AvgIpc) is 1.98. The zero-order chi connectivity index (χ0) is 7.02. The first kappa shape index (κ1) is 7.05. The van der Waals surface area contributed by atoms with Gasteiger partial charge in [0.05, 0.1) is 28.6 Å². The van der Waals surface area contributed by atoms with Gasteiger partial charge in [0.1, 0.15) is 5.82 Å². The molecule has 0 saturated heterocycles. The summed E-state index contributed by atoms with van der Waals surface area (Å²) in [6.45, 7) is 6.10. The van der Waals surface area contributed by atoms with Gasteiger partial charge in [0.2, 0.25) is 0 Å². The van der Waals surface area contributed by atoms with Gasteiger partial charge in [0, 0.05) is 5.69 Å². The third-order valence-electron chi connectivity index (χ3n) is 1.43. The maximum atomic E-state index is 4.27. The van der Waals surface area contributed by atoms with Gasteiger partial charge in [-0.25, -0.2) is 4.98 Å². The van der Waals surface area contributed by atoms with Gasteiger partial charge in [-0.3, -0.25) is 2.78 Å². The normalized spacial score (nSPS) is 10.2. The van der Waals surface area contributed by atoms with Crippen molar-refractivity contribution in [3.05, 3.63) is 17.2 Å². The highest BCUT2D eigenvalue weighted by Gasteiger charge is 2.02. The van der Waals surface area contributed by atoms with Crippen molar-refractivity contribution >= 4 is 22.9 Å². The van der Waals surface area contributed by atoms with E-state index in [1.807, 2.05) is 13.8 Å². The van der Waals surface area contributed by atoms with Crippen molar-refractivity contribution in [3.8, 4) is 0 Å². The number of hydrogen-bond acceptors (Lipinski definition) is 1. The van der Waals surface area contributed by atoms with Crippen LogP contribution in [-0.4, -0.2) is 7.76 Å². The molecule has 1 heterocycles. The van der Waals surface area contributed by atoms with E-state index in [1.54, 1.807) is 0 Å². The topological polar surface area (TPSA) is 17.8 Å². The molecule has 1 rings (SSSR count). The predicted molar refractivity (Wildman–Crippen MR) is 45.9 cm³/mol. The van der Waals surface area contributed by atoms with Gasteiger partial charge < -0.3 is 0 Å². The van der Waals surface area contributed by atoms with Crippen LogP contribution >= 0.6 is 22.9 Å². The molecule has 0 saturated carbocycles. The van der Waals surface area contributed by atoms with E-state index in [-0.39, 0.29) is 0 Å². The molecule has 0 amide bonds. The molecule has 0 unspecified atom stereocenters. The van der Waals surface area contributed by atoms with Crippen LogP contribution < -0.4 is 0 Å². The van der Waals surface area contributed by atoms with Gasteiger partial charge in [-0.15, -0.1) is 0 Å². The Hall–Kier alpha value is -0.0600. The number of nitrogens with zero attached hydrogens (tertiary/aromatic N) is 2. The fourth-order valence-electron chi connectivity index (χ4n) is 0.752. The summed E-state index contributed by atoms with van der Waals surface area (Å²) in [4.78, 5) is 4.27. The molecule has 1 aromatic heterocycles. The van der Waals surface area contributed by atoms with E-state index in [0.717, 1.165) is 11.5 Å². The Morgan fingerprint density at radius 1 is 1.33 bits per heavy atom. The van der Waals surface area contributed by atoms with Crippen LogP contribution in [0.4, 0.5) is 0 Å². The van der Waals surface area contributed by atoms with Gasteiger partial charge in [-0.2, -0.15) is 0 Å².